The summed E-state index contributed by atoms with van der Waals surface area (Å²) in [7, 11) is 0. The van der Waals surface area contributed by atoms with Crippen LogP contribution in [0.4, 0.5) is 11.4 Å². The van der Waals surface area contributed by atoms with Gasteiger partial charge in [-0.25, -0.2) is 0 Å². The third-order valence-electron chi connectivity index (χ3n) is 3.18. The highest BCUT2D eigenvalue weighted by atomic mass is 16.1. The third kappa shape index (κ3) is 3.91. The lowest BCUT2D eigenvalue weighted by Gasteiger charge is -2.18. The van der Waals surface area contributed by atoms with E-state index in [9.17, 15) is 4.79 Å². The van der Waals surface area contributed by atoms with E-state index in [2.05, 4.69) is 22.8 Å². The molecule has 1 aromatic carbocycles. The quantitative estimate of drug-likeness (QED) is 0.797. The Morgan fingerprint density at radius 1 is 1.22 bits per heavy atom. The Labute approximate surface area is 108 Å². The Morgan fingerprint density at radius 3 is 2.56 bits per heavy atom. The molecule has 3 heteroatoms. The summed E-state index contributed by atoms with van der Waals surface area (Å²) in [5.74, 6) is 0.703. The molecule has 96 valence electrons. The molecule has 3 nitrogen and oxygen atoms in total. The van der Waals surface area contributed by atoms with E-state index in [1.165, 1.54) is 26.2 Å². The van der Waals surface area contributed by atoms with Crippen molar-refractivity contribution >= 4 is 17.3 Å². The molecule has 0 aliphatic heterocycles. The number of hydrogen-bond donors (Lipinski definition) is 2. The normalized spacial score (nSPS) is 18.4. The van der Waals surface area contributed by atoms with E-state index in [0.717, 1.165) is 23.8 Å². The summed E-state index contributed by atoms with van der Waals surface area (Å²) in [6, 6.07) is 7.85. The minimum absolute atomic E-state index is 0.0373. The van der Waals surface area contributed by atoms with Crippen molar-refractivity contribution in [2.45, 2.75) is 26.2 Å². The second-order valence-electron chi connectivity index (χ2n) is 4.79. The summed E-state index contributed by atoms with van der Waals surface area (Å²) in [4.78, 5) is 10.9. The molecule has 18 heavy (non-hydrogen) atoms. The highest BCUT2D eigenvalue weighted by Crippen LogP contribution is 2.19. The Bertz CT molecular complexity index is 423. The van der Waals surface area contributed by atoms with Gasteiger partial charge >= 0.3 is 0 Å². The van der Waals surface area contributed by atoms with Crippen molar-refractivity contribution in [1.29, 1.82) is 0 Å². The molecule has 1 unspecified atom stereocenters. The first-order valence-corrected chi connectivity index (χ1v) is 6.50. The van der Waals surface area contributed by atoms with Gasteiger partial charge in [0.15, 0.2) is 0 Å². The SMILES string of the molecule is CC(=O)Nc1ccc(NCC2CC=CCC2)cc1. The Hall–Kier alpha value is -1.77. The van der Waals surface area contributed by atoms with Crippen molar-refractivity contribution in [3.8, 4) is 0 Å². The van der Waals surface area contributed by atoms with Crippen molar-refractivity contribution < 1.29 is 4.79 Å². The first-order valence-electron chi connectivity index (χ1n) is 6.50. The van der Waals surface area contributed by atoms with Crippen LogP contribution in [0.25, 0.3) is 0 Å². The molecule has 0 aromatic heterocycles. The molecule has 2 N–H and O–H groups in total. The van der Waals surface area contributed by atoms with E-state index in [4.69, 9.17) is 0 Å². The number of anilines is 2. The van der Waals surface area contributed by atoms with Crippen molar-refractivity contribution in [3.05, 3.63) is 36.4 Å². The Balaban J connectivity index is 1.82. The summed E-state index contributed by atoms with van der Waals surface area (Å²) < 4.78 is 0. The third-order valence-corrected chi connectivity index (χ3v) is 3.18. The van der Waals surface area contributed by atoms with Gasteiger partial charge in [-0.15, -0.1) is 0 Å². The molecular weight excluding hydrogens is 224 g/mol. The lowest BCUT2D eigenvalue weighted by molar-refractivity contribution is -0.114. The number of carbonyl (C=O) groups is 1. The molecule has 1 amide bonds. The number of amides is 1. The number of carbonyl (C=O) groups excluding carboxylic acids is 1. The van der Waals surface area contributed by atoms with Crippen molar-refractivity contribution in [2.24, 2.45) is 5.92 Å². The highest BCUT2D eigenvalue weighted by Gasteiger charge is 2.09. The standard InChI is InChI=1S/C15H20N2O/c1-12(18)17-15-9-7-14(8-10-15)16-11-13-5-3-2-4-6-13/h2-3,7-10,13,16H,4-6,11H2,1H3,(H,17,18). The van der Waals surface area contributed by atoms with Gasteiger partial charge in [-0.05, 0) is 49.4 Å². The van der Waals surface area contributed by atoms with E-state index in [1.807, 2.05) is 24.3 Å². The summed E-state index contributed by atoms with van der Waals surface area (Å²) in [5.41, 5.74) is 1.95. The number of allylic oxidation sites excluding steroid dienone is 2. The molecular formula is C15H20N2O. The van der Waals surface area contributed by atoms with Gasteiger partial charge < -0.3 is 10.6 Å². The van der Waals surface area contributed by atoms with Crippen LogP contribution in [0, 0.1) is 5.92 Å². The molecule has 0 heterocycles. The van der Waals surface area contributed by atoms with Crippen molar-refractivity contribution in [2.75, 3.05) is 17.2 Å². The van der Waals surface area contributed by atoms with E-state index in [0.29, 0.717) is 0 Å². The van der Waals surface area contributed by atoms with Gasteiger partial charge in [0.25, 0.3) is 0 Å². The summed E-state index contributed by atoms with van der Waals surface area (Å²) in [6.07, 6.45) is 8.19. The molecule has 0 saturated carbocycles. The monoisotopic (exact) mass is 244 g/mol. The fourth-order valence-corrected chi connectivity index (χ4v) is 2.18. The second-order valence-corrected chi connectivity index (χ2v) is 4.79. The highest BCUT2D eigenvalue weighted by molar-refractivity contribution is 5.88. The maximum absolute atomic E-state index is 10.9. The largest absolute Gasteiger partial charge is 0.385 e. The van der Waals surface area contributed by atoms with Gasteiger partial charge in [0.1, 0.15) is 0 Å². The lowest BCUT2D eigenvalue weighted by atomic mass is 9.94. The fraction of sp³-hybridized carbons (Fsp3) is 0.400. The van der Waals surface area contributed by atoms with Gasteiger partial charge in [-0.2, -0.15) is 0 Å². The average Bonchev–Trinajstić information content (AvgIpc) is 2.38. The lowest BCUT2D eigenvalue weighted by Crippen LogP contribution is -2.15. The predicted octanol–water partition coefficient (Wildman–Crippen LogP) is 3.41. The average molecular weight is 244 g/mol. The predicted molar refractivity (Wildman–Crippen MR) is 75.7 cm³/mol. The van der Waals surface area contributed by atoms with Crippen LogP contribution in [0.15, 0.2) is 36.4 Å². The first kappa shape index (κ1) is 12.7. The molecule has 1 aliphatic carbocycles. The minimum atomic E-state index is -0.0373. The van der Waals surface area contributed by atoms with Gasteiger partial charge in [0.2, 0.25) is 5.91 Å². The minimum Gasteiger partial charge on any atom is -0.385 e. The van der Waals surface area contributed by atoms with Crippen LogP contribution in [0.2, 0.25) is 0 Å². The van der Waals surface area contributed by atoms with Crippen LogP contribution in [-0.4, -0.2) is 12.5 Å². The Morgan fingerprint density at radius 2 is 1.94 bits per heavy atom. The maximum atomic E-state index is 10.9. The first-order chi connectivity index (χ1) is 8.74. The van der Waals surface area contributed by atoms with E-state index in [1.54, 1.807) is 0 Å². The van der Waals surface area contributed by atoms with E-state index in [-0.39, 0.29) is 5.91 Å². The Kier molecular flexibility index (Phi) is 4.40. The number of nitrogens with one attached hydrogen (secondary N) is 2. The topological polar surface area (TPSA) is 41.1 Å². The second kappa shape index (κ2) is 6.24. The maximum Gasteiger partial charge on any atom is 0.221 e. The van der Waals surface area contributed by atoms with Gasteiger partial charge in [-0.1, -0.05) is 12.2 Å². The van der Waals surface area contributed by atoms with Crippen molar-refractivity contribution in [3.63, 3.8) is 0 Å². The number of hydrogen-bond acceptors (Lipinski definition) is 2. The zero-order valence-corrected chi connectivity index (χ0v) is 10.8. The summed E-state index contributed by atoms with van der Waals surface area (Å²) in [6.45, 7) is 2.53. The van der Waals surface area contributed by atoms with Crippen LogP contribution in [0.3, 0.4) is 0 Å². The van der Waals surface area contributed by atoms with Gasteiger partial charge in [-0.3, -0.25) is 4.79 Å². The van der Waals surface area contributed by atoms with Gasteiger partial charge in [0, 0.05) is 24.8 Å². The van der Waals surface area contributed by atoms with Crippen LogP contribution < -0.4 is 10.6 Å². The molecule has 1 atom stereocenters. The number of rotatable bonds is 4. The zero-order chi connectivity index (χ0) is 12.8. The molecule has 2 rings (SSSR count). The fourth-order valence-electron chi connectivity index (χ4n) is 2.18. The molecule has 0 spiro atoms. The van der Waals surface area contributed by atoms with Gasteiger partial charge in [0.05, 0.1) is 0 Å². The summed E-state index contributed by atoms with van der Waals surface area (Å²) >= 11 is 0. The summed E-state index contributed by atoms with van der Waals surface area (Å²) in [5, 5.41) is 6.21. The van der Waals surface area contributed by atoms with Crippen molar-refractivity contribution in [1.82, 2.24) is 0 Å². The zero-order valence-electron chi connectivity index (χ0n) is 10.8. The van der Waals surface area contributed by atoms with Crippen LogP contribution >= 0.6 is 0 Å². The smallest absolute Gasteiger partial charge is 0.221 e. The van der Waals surface area contributed by atoms with Crippen LogP contribution in [0.1, 0.15) is 26.2 Å². The van der Waals surface area contributed by atoms with Crippen LogP contribution in [0.5, 0.6) is 0 Å². The van der Waals surface area contributed by atoms with E-state index < -0.39 is 0 Å². The van der Waals surface area contributed by atoms with Crippen LogP contribution in [-0.2, 0) is 4.79 Å². The number of benzene rings is 1. The molecule has 0 fully saturated rings. The van der Waals surface area contributed by atoms with E-state index >= 15 is 0 Å². The molecule has 0 radical (unpaired) electrons. The molecule has 1 aliphatic rings. The molecule has 1 aromatic rings. The molecule has 0 bridgehead atoms. The molecule has 0 saturated heterocycles.